The first kappa shape index (κ1) is 19.6. The van der Waals surface area contributed by atoms with Gasteiger partial charge in [0, 0.05) is 25.2 Å². The van der Waals surface area contributed by atoms with Gasteiger partial charge in [0.25, 0.3) is 5.91 Å². The van der Waals surface area contributed by atoms with E-state index < -0.39 is 7.12 Å². The van der Waals surface area contributed by atoms with Gasteiger partial charge in [0.2, 0.25) is 0 Å². The third-order valence-electron chi connectivity index (χ3n) is 5.87. The molecule has 4 rings (SSSR count). The molecule has 1 fully saturated rings. The van der Waals surface area contributed by atoms with E-state index in [0.29, 0.717) is 23.5 Å². The maximum Gasteiger partial charge on any atom is 0.488 e. The number of rotatable bonds is 4. The van der Waals surface area contributed by atoms with Crippen LogP contribution >= 0.6 is 0 Å². The van der Waals surface area contributed by atoms with E-state index in [9.17, 15) is 14.8 Å². The van der Waals surface area contributed by atoms with Gasteiger partial charge < -0.3 is 20.7 Å². The number of likely N-dealkylation sites (tertiary alicyclic amines) is 1. The van der Waals surface area contributed by atoms with Crippen molar-refractivity contribution in [3.8, 4) is 0 Å². The van der Waals surface area contributed by atoms with Crippen LogP contribution in [0.25, 0.3) is 10.8 Å². The Morgan fingerprint density at radius 2 is 1.79 bits per heavy atom. The number of amides is 1. The molecule has 0 unspecified atom stereocenters. The SMILES string of the molecule is NCc1cccc(C2CCN(C(=O)c3cccc4cc(B(O)O)ccc34)CC2)c1. The molecule has 29 heavy (non-hydrogen) atoms. The number of piperidine rings is 1. The Kier molecular flexibility index (Phi) is 5.67. The predicted molar refractivity (Wildman–Crippen MR) is 116 cm³/mol. The Hall–Kier alpha value is -2.67. The molecule has 3 aromatic rings. The van der Waals surface area contributed by atoms with Gasteiger partial charge in [-0.2, -0.15) is 0 Å². The van der Waals surface area contributed by atoms with Crippen LogP contribution in [0.4, 0.5) is 0 Å². The molecular formula is C23H25BN2O3. The molecule has 0 aromatic heterocycles. The van der Waals surface area contributed by atoms with Gasteiger partial charge >= 0.3 is 7.12 Å². The summed E-state index contributed by atoms with van der Waals surface area (Å²) in [5.41, 5.74) is 9.29. The number of nitrogens with two attached hydrogens (primary N) is 1. The summed E-state index contributed by atoms with van der Waals surface area (Å²) in [5.74, 6) is 0.480. The van der Waals surface area contributed by atoms with Gasteiger partial charge in [0.15, 0.2) is 0 Å². The van der Waals surface area contributed by atoms with Gasteiger partial charge in [-0.3, -0.25) is 4.79 Å². The summed E-state index contributed by atoms with van der Waals surface area (Å²) in [6.07, 6.45) is 1.87. The average molecular weight is 388 g/mol. The maximum absolute atomic E-state index is 13.2. The van der Waals surface area contributed by atoms with E-state index in [1.54, 1.807) is 18.2 Å². The van der Waals surface area contributed by atoms with Crippen LogP contribution < -0.4 is 11.2 Å². The Labute approximate surface area is 170 Å². The van der Waals surface area contributed by atoms with E-state index in [4.69, 9.17) is 5.73 Å². The zero-order chi connectivity index (χ0) is 20.4. The van der Waals surface area contributed by atoms with E-state index >= 15 is 0 Å². The number of fused-ring (bicyclic) bond motifs is 1. The molecule has 1 amide bonds. The molecule has 3 aromatic carbocycles. The monoisotopic (exact) mass is 388 g/mol. The highest BCUT2D eigenvalue weighted by Crippen LogP contribution is 2.30. The zero-order valence-corrected chi connectivity index (χ0v) is 16.3. The van der Waals surface area contributed by atoms with Crippen LogP contribution in [0.1, 0.15) is 40.2 Å². The second-order valence-corrected chi connectivity index (χ2v) is 7.68. The molecule has 0 bridgehead atoms. The quantitative estimate of drug-likeness (QED) is 0.597. The number of hydrogen-bond donors (Lipinski definition) is 3. The minimum absolute atomic E-state index is 0.0297. The largest absolute Gasteiger partial charge is 0.488 e. The molecule has 0 radical (unpaired) electrons. The van der Waals surface area contributed by atoms with Crippen molar-refractivity contribution in [3.63, 3.8) is 0 Å². The lowest BCUT2D eigenvalue weighted by Gasteiger charge is -2.32. The molecule has 4 N–H and O–H groups in total. The van der Waals surface area contributed by atoms with Crippen molar-refractivity contribution in [1.29, 1.82) is 0 Å². The summed E-state index contributed by atoms with van der Waals surface area (Å²) < 4.78 is 0. The van der Waals surface area contributed by atoms with Crippen molar-refractivity contribution in [1.82, 2.24) is 4.90 Å². The van der Waals surface area contributed by atoms with E-state index in [2.05, 4.69) is 18.2 Å². The second-order valence-electron chi connectivity index (χ2n) is 7.68. The summed E-state index contributed by atoms with van der Waals surface area (Å²) in [4.78, 5) is 15.1. The Bertz CT molecular complexity index is 1030. The van der Waals surface area contributed by atoms with E-state index in [-0.39, 0.29) is 5.91 Å². The number of hydrogen-bond acceptors (Lipinski definition) is 4. The average Bonchev–Trinajstić information content (AvgIpc) is 2.78. The smallest absolute Gasteiger partial charge is 0.423 e. The molecule has 0 atom stereocenters. The van der Waals surface area contributed by atoms with Crippen molar-refractivity contribution < 1.29 is 14.8 Å². The third kappa shape index (κ3) is 4.05. The molecule has 1 aliphatic rings. The van der Waals surface area contributed by atoms with Gasteiger partial charge in [-0.05, 0) is 52.2 Å². The highest BCUT2D eigenvalue weighted by atomic mass is 16.4. The van der Waals surface area contributed by atoms with Crippen molar-refractivity contribution in [2.24, 2.45) is 5.73 Å². The highest BCUT2D eigenvalue weighted by Gasteiger charge is 2.25. The first-order valence-electron chi connectivity index (χ1n) is 10.0. The number of nitrogens with zero attached hydrogens (tertiary/aromatic N) is 1. The van der Waals surface area contributed by atoms with Gasteiger partial charge in [-0.1, -0.05) is 54.6 Å². The van der Waals surface area contributed by atoms with Crippen LogP contribution in [-0.4, -0.2) is 41.1 Å². The molecule has 0 spiro atoms. The van der Waals surface area contributed by atoms with Crippen LogP contribution in [0, 0.1) is 0 Å². The van der Waals surface area contributed by atoms with Gasteiger partial charge in [-0.25, -0.2) is 0 Å². The third-order valence-corrected chi connectivity index (χ3v) is 5.87. The molecule has 0 aliphatic carbocycles. The molecule has 1 saturated heterocycles. The molecule has 148 valence electrons. The number of carbonyl (C=O) groups excluding carboxylic acids is 1. The van der Waals surface area contributed by atoms with Crippen LogP contribution in [0.2, 0.25) is 0 Å². The van der Waals surface area contributed by atoms with Crippen molar-refractivity contribution in [2.75, 3.05) is 13.1 Å². The minimum atomic E-state index is -1.52. The van der Waals surface area contributed by atoms with Crippen molar-refractivity contribution >= 4 is 29.3 Å². The van der Waals surface area contributed by atoms with Crippen molar-refractivity contribution in [3.05, 3.63) is 77.4 Å². The first-order chi connectivity index (χ1) is 14.1. The van der Waals surface area contributed by atoms with Crippen LogP contribution in [0.3, 0.4) is 0 Å². The fourth-order valence-corrected chi connectivity index (χ4v) is 4.21. The second kappa shape index (κ2) is 8.37. The summed E-state index contributed by atoms with van der Waals surface area (Å²) in [7, 11) is -1.52. The number of carbonyl (C=O) groups is 1. The summed E-state index contributed by atoms with van der Waals surface area (Å²) in [5, 5.41) is 20.4. The zero-order valence-electron chi connectivity index (χ0n) is 16.3. The van der Waals surface area contributed by atoms with Gasteiger partial charge in [-0.15, -0.1) is 0 Å². The van der Waals surface area contributed by atoms with Crippen LogP contribution in [0.15, 0.2) is 60.7 Å². The topological polar surface area (TPSA) is 86.8 Å². The number of benzene rings is 3. The molecule has 6 heteroatoms. The lowest BCUT2D eigenvalue weighted by atomic mass is 9.79. The van der Waals surface area contributed by atoms with E-state index in [1.165, 1.54) is 5.56 Å². The fourth-order valence-electron chi connectivity index (χ4n) is 4.21. The normalized spacial score (nSPS) is 14.9. The summed E-state index contributed by atoms with van der Waals surface area (Å²) in [6.45, 7) is 1.99. The molecule has 1 heterocycles. The predicted octanol–water partition coefficient (Wildman–Crippen LogP) is 2.00. The van der Waals surface area contributed by atoms with Crippen molar-refractivity contribution in [2.45, 2.75) is 25.3 Å². The lowest BCUT2D eigenvalue weighted by molar-refractivity contribution is 0.0715. The molecular weight excluding hydrogens is 363 g/mol. The first-order valence-corrected chi connectivity index (χ1v) is 10.0. The van der Waals surface area contributed by atoms with E-state index in [0.717, 1.165) is 42.3 Å². The molecule has 0 saturated carbocycles. The Morgan fingerprint density at radius 3 is 2.52 bits per heavy atom. The molecule has 1 aliphatic heterocycles. The fraction of sp³-hybridized carbons (Fsp3) is 0.261. The summed E-state index contributed by atoms with van der Waals surface area (Å²) in [6, 6.07) is 19.2. The van der Waals surface area contributed by atoms with E-state index in [1.807, 2.05) is 29.2 Å². The maximum atomic E-state index is 13.2. The van der Waals surface area contributed by atoms with Crippen LogP contribution in [-0.2, 0) is 6.54 Å². The Balaban J connectivity index is 1.51. The summed E-state index contributed by atoms with van der Waals surface area (Å²) >= 11 is 0. The van der Waals surface area contributed by atoms with Gasteiger partial charge in [0.1, 0.15) is 0 Å². The highest BCUT2D eigenvalue weighted by molar-refractivity contribution is 6.58. The molecule has 5 nitrogen and oxygen atoms in total. The lowest BCUT2D eigenvalue weighted by Crippen LogP contribution is -2.38. The minimum Gasteiger partial charge on any atom is -0.423 e. The van der Waals surface area contributed by atoms with Crippen LogP contribution in [0.5, 0.6) is 0 Å². The Morgan fingerprint density at radius 1 is 1.03 bits per heavy atom. The standard InChI is InChI=1S/C23H25BN2O3/c25-15-16-3-1-4-18(13-16)17-9-11-26(12-10-17)23(27)22-6-2-5-19-14-20(24(28)29)7-8-21(19)22/h1-8,13-14,17,28-29H,9-12,15,25H2. The van der Waals surface area contributed by atoms with Gasteiger partial charge in [0.05, 0.1) is 0 Å².